The van der Waals surface area contributed by atoms with E-state index in [9.17, 15) is 9.59 Å². The van der Waals surface area contributed by atoms with Crippen LogP contribution in [0.5, 0.6) is 11.5 Å². The summed E-state index contributed by atoms with van der Waals surface area (Å²) in [6.45, 7) is 6.16. The molecule has 0 bridgehead atoms. The van der Waals surface area contributed by atoms with Crippen molar-refractivity contribution < 1.29 is 18.7 Å². The van der Waals surface area contributed by atoms with Crippen LogP contribution in [0.1, 0.15) is 49.4 Å². The summed E-state index contributed by atoms with van der Waals surface area (Å²) in [7, 11) is 1.57. The molecule has 0 saturated heterocycles. The quantitative estimate of drug-likeness (QED) is 0.245. The minimum atomic E-state index is -0.740. The molecule has 0 saturated carbocycles. The molecule has 0 fully saturated rings. The lowest BCUT2D eigenvalue weighted by Crippen LogP contribution is -2.29. The first kappa shape index (κ1) is 24.9. The molecule has 39 heavy (non-hydrogen) atoms. The molecule has 3 heterocycles. The van der Waals surface area contributed by atoms with Crippen LogP contribution in [-0.4, -0.2) is 18.0 Å². The van der Waals surface area contributed by atoms with Gasteiger partial charge in [-0.25, -0.2) is 4.98 Å². The third kappa shape index (κ3) is 4.27. The molecule has 2 aromatic heterocycles. The van der Waals surface area contributed by atoms with Gasteiger partial charge >= 0.3 is 0 Å². The Morgan fingerprint density at radius 2 is 1.77 bits per heavy atom. The maximum atomic E-state index is 13.9. The van der Waals surface area contributed by atoms with E-state index in [1.54, 1.807) is 24.1 Å². The number of methoxy groups -OCH3 is 1. The number of amides is 1. The number of aromatic nitrogens is 1. The van der Waals surface area contributed by atoms with Gasteiger partial charge in [0, 0.05) is 4.88 Å². The van der Waals surface area contributed by atoms with E-state index in [-0.39, 0.29) is 11.2 Å². The van der Waals surface area contributed by atoms with E-state index >= 15 is 0 Å². The number of hydrogen-bond donors (Lipinski definition) is 0. The van der Waals surface area contributed by atoms with Gasteiger partial charge in [0.25, 0.3) is 5.91 Å². The van der Waals surface area contributed by atoms with Crippen LogP contribution in [-0.2, 0) is 6.61 Å². The lowest BCUT2D eigenvalue weighted by atomic mass is 9.98. The van der Waals surface area contributed by atoms with Gasteiger partial charge in [0.2, 0.25) is 5.76 Å². The Bertz CT molecular complexity index is 1770. The number of fused-ring (bicyclic) bond motifs is 2. The second-order valence-electron chi connectivity index (χ2n) is 9.57. The number of aryl methyl sites for hydroxylation is 3. The monoisotopic (exact) mass is 538 g/mol. The fraction of sp³-hybridized carbons (Fsp3) is 0.194. The molecule has 196 valence electrons. The Morgan fingerprint density at radius 3 is 2.49 bits per heavy atom. The summed E-state index contributed by atoms with van der Waals surface area (Å²) in [4.78, 5) is 35.0. The third-order valence-corrected chi connectivity index (χ3v) is 8.06. The van der Waals surface area contributed by atoms with Gasteiger partial charge in [-0.05, 0) is 56.2 Å². The van der Waals surface area contributed by atoms with E-state index in [0.29, 0.717) is 45.3 Å². The van der Waals surface area contributed by atoms with Crippen LogP contribution in [0.3, 0.4) is 0 Å². The number of carbonyl (C=O) groups is 1. The molecule has 0 N–H and O–H groups in total. The number of carbonyl (C=O) groups excluding carboxylic acids is 1. The highest BCUT2D eigenvalue weighted by atomic mass is 32.1. The molecular weight excluding hydrogens is 512 g/mol. The van der Waals surface area contributed by atoms with Gasteiger partial charge in [0.05, 0.1) is 29.8 Å². The van der Waals surface area contributed by atoms with E-state index in [1.807, 2.05) is 75.4 Å². The van der Waals surface area contributed by atoms with Crippen molar-refractivity contribution in [2.45, 2.75) is 33.4 Å². The molecule has 6 rings (SSSR count). The van der Waals surface area contributed by atoms with E-state index in [0.717, 1.165) is 21.7 Å². The van der Waals surface area contributed by atoms with Crippen molar-refractivity contribution in [3.05, 3.63) is 116 Å². The largest absolute Gasteiger partial charge is 0.493 e. The number of anilines is 1. The maximum Gasteiger partial charge on any atom is 0.297 e. The normalized spacial score (nSPS) is 14.6. The summed E-state index contributed by atoms with van der Waals surface area (Å²) in [5.41, 5.74) is 3.93. The minimum Gasteiger partial charge on any atom is -0.493 e. The lowest BCUT2D eigenvalue weighted by Gasteiger charge is -2.23. The lowest BCUT2D eigenvalue weighted by molar-refractivity contribution is 0.0971. The Labute approximate surface area is 229 Å². The van der Waals surface area contributed by atoms with Crippen molar-refractivity contribution in [1.82, 2.24) is 4.98 Å². The van der Waals surface area contributed by atoms with Crippen molar-refractivity contribution in [3.63, 3.8) is 0 Å². The highest BCUT2D eigenvalue weighted by molar-refractivity contribution is 7.15. The van der Waals surface area contributed by atoms with Crippen molar-refractivity contribution in [2.24, 2.45) is 0 Å². The number of nitrogens with zero attached hydrogens (tertiary/aromatic N) is 2. The second-order valence-corrected chi connectivity index (χ2v) is 10.8. The molecule has 1 amide bonds. The molecule has 1 aliphatic heterocycles. The number of benzene rings is 3. The Kier molecular flexibility index (Phi) is 6.19. The third-order valence-electron chi connectivity index (χ3n) is 6.99. The van der Waals surface area contributed by atoms with E-state index in [1.165, 1.54) is 11.3 Å². The molecule has 7 nitrogen and oxygen atoms in total. The van der Waals surface area contributed by atoms with E-state index in [2.05, 4.69) is 4.98 Å². The zero-order chi connectivity index (χ0) is 27.3. The van der Waals surface area contributed by atoms with Gasteiger partial charge < -0.3 is 13.9 Å². The summed E-state index contributed by atoms with van der Waals surface area (Å²) >= 11 is 1.41. The first-order valence-electron chi connectivity index (χ1n) is 12.6. The van der Waals surface area contributed by atoms with Crippen LogP contribution in [0, 0.1) is 20.8 Å². The van der Waals surface area contributed by atoms with Crippen molar-refractivity contribution in [3.8, 4) is 11.5 Å². The average molecular weight is 539 g/mol. The Hall–Kier alpha value is -4.43. The number of hydrogen-bond acceptors (Lipinski definition) is 7. The van der Waals surface area contributed by atoms with Crippen LogP contribution < -0.4 is 19.8 Å². The molecule has 8 heteroatoms. The topological polar surface area (TPSA) is 81.9 Å². The van der Waals surface area contributed by atoms with Gasteiger partial charge in [0.15, 0.2) is 22.1 Å². The second kappa shape index (κ2) is 9.71. The Morgan fingerprint density at radius 1 is 0.974 bits per heavy atom. The van der Waals surface area contributed by atoms with Gasteiger partial charge in [-0.15, -0.1) is 11.3 Å². The Balaban J connectivity index is 1.50. The van der Waals surface area contributed by atoms with E-state index in [4.69, 9.17) is 13.9 Å². The smallest absolute Gasteiger partial charge is 0.297 e. The molecule has 1 unspecified atom stereocenters. The van der Waals surface area contributed by atoms with Gasteiger partial charge in [0.1, 0.15) is 12.2 Å². The molecule has 1 aliphatic rings. The molecule has 1 atom stereocenters. The van der Waals surface area contributed by atoms with Crippen molar-refractivity contribution in [1.29, 1.82) is 0 Å². The highest BCUT2D eigenvalue weighted by Gasteiger charge is 2.45. The summed E-state index contributed by atoms with van der Waals surface area (Å²) in [5.74, 6) is 0.696. The molecular formula is C31H26N2O5S. The SMILES string of the molecule is COc1cc(C2c3c(oc4ccc(C)cc4c3=O)C(=O)N2c2nc(C)c(C)s2)ccc1OCc1ccccc1. The van der Waals surface area contributed by atoms with Crippen LogP contribution in [0.2, 0.25) is 0 Å². The molecule has 0 aliphatic carbocycles. The van der Waals surface area contributed by atoms with Crippen LogP contribution in [0.4, 0.5) is 5.13 Å². The van der Waals surface area contributed by atoms with Gasteiger partial charge in [-0.2, -0.15) is 0 Å². The standard InChI is InChI=1S/C31H26N2O5S/c1-17-10-12-23-22(14-17)28(34)26-27(33(30(35)29(26)38-23)31-32-18(2)19(3)39-31)21-11-13-24(25(15-21)36-4)37-16-20-8-6-5-7-9-20/h5-15,27H,16H2,1-4H3. The number of thiazole rings is 1. The zero-order valence-electron chi connectivity index (χ0n) is 22.0. The van der Waals surface area contributed by atoms with Crippen molar-refractivity contribution in [2.75, 3.05) is 12.0 Å². The number of rotatable bonds is 6. The fourth-order valence-electron chi connectivity index (χ4n) is 4.87. The average Bonchev–Trinajstić information content (AvgIpc) is 3.43. The van der Waals surface area contributed by atoms with Crippen LogP contribution >= 0.6 is 11.3 Å². The predicted molar refractivity (Wildman–Crippen MR) is 151 cm³/mol. The van der Waals surface area contributed by atoms with Crippen LogP contribution in [0.25, 0.3) is 11.0 Å². The maximum absolute atomic E-state index is 13.9. The molecule has 5 aromatic rings. The first-order chi connectivity index (χ1) is 18.9. The zero-order valence-corrected chi connectivity index (χ0v) is 22.8. The van der Waals surface area contributed by atoms with E-state index < -0.39 is 11.9 Å². The summed E-state index contributed by atoms with van der Waals surface area (Å²) in [6, 6.07) is 20.0. The summed E-state index contributed by atoms with van der Waals surface area (Å²) < 4.78 is 17.8. The summed E-state index contributed by atoms with van der Waals surface area (Å²) in [5, 5.41) is 0.948. The van der Waals surface area contributed by atoms with Gasteiger partial charge in [-0.1, -0.05) is 48.0 Å². The minimum absolute atomic E-state index is 0.0373. The highest BCUT2D eigenvalue weighted by Crippen LogP contribution is 2.44. The molecule has 3 aromatic carbocycles. The predicted octanol–water partition coefficient (Wildman–Crippen LogP) is 6.51. The van der Waals surface area contributed by atoms with Crippen molar-refractivity contribution >= 4 is 33.3 Å². The number of ether oxygens (including phenoxy) is 2. The van der Waals surface area contributed by atoms with Crippen LogP contribution in [0.15, 0.2) is 75.9 Å². The fourth-order valence-corrected chi connectivity index (χ4v) is 5.80. The molecule has 0 spiro atoms. The van der Waals surface area contributed by atoms with Gasteiger partial charge in [-0.3, -0.25) is 14.5 Å². The summed E-state index contributed by atoms with van der Waals surface area (Å²) in [6.07, 6.45) is 0. The molecule has 0 radical (unpaired) electrons. The first-order valence-corrected chi connectivity index (χ1v) is 13.4.